The van der Waals surface area contributed by atoms with Gasteiger partial charge >= 0.3 is 0 Å². The molecule has 0 aromatic rings. The van der Waals surface area contributed by atoms with Crippen LogP contribution in [0, 0.1) is 29.6 Å². The van der Waals surface area contributed by atoms with E-state index < -0.39 is 5.60 Å². The predicted octanol–water partition coefficient (Wildman–Crippen LogP) is 2.52. The molecule has 1 N–H and O–H groups in total. The van der Waals surface area contributed by atoms with Gasteiger partial charge < -0.3 is 10.1 Å². The van der Waals surface area contributed by atoms with Crippen LogP contribution in [0.25, 0.3) is 0 Å². The van der Waals surface area contributed by atoms with Gasteiger partial charge in [-0.15, -0.1) is 0 Å². The minimum Gasteiger partial charge on any atom is -0.482 e. The molecule has 0 aromatic carbocycles. The van der Waals surface area contributed by atoms with Gasteiger partial charge in [0.25, 0.3) is 0 Å². The van der Waals surface area contributed by atoms with Gasteiger partial charge in [-0.05, 0) is 69.7 Å². The third-order valence-electron chi connectivity index (χ3n) is 6.21. The van der Waals surface area contributed by atoms with Crippen molar-refractivity contribution in [2.45, 2.75) is 44.6 Å². The Kier molecular flexibility index (Phi) is 2.79. The Hall–Kier alpha value is -0.830. The molecule has 0 radical (unpaired) electrons. The van der Waals surface area contributed by atoms with Crippen LogP contribution in [-0.4, -0.2) is 25.0 Å². The average Bonchev–Trinajstić information content (AvgIpc) is 2.64. The first kappa shape index (κ1) is 12.9. The fourth-order valence-electron chi connectivity index (χ4n) is 5.64. The number of hydrogen-bond donors (Lipinski definition) is 1. The molecule has 1 unspecified atom stereocenters. The van der Waals surface area contributed by atoms with Crippen molar-refractivity contribution in [3.63, 3.8) is 0 Å². The van der Waals surface area contributed by atoms with Crippen LogP contribution in [0.1, 0.15) is 39.0 Å². The summed E-state index contributed by atoms with van der Waals surface area (Å²) in [6.45, 7) is 2.52. The maximum absolute atomic E-state index is 12.3. The summed E-state index contributed by atoms with van der Waals surface area (Å²) in [7, 11) is 1.88. The van der Waals surface area contributed by atoms with Gasteiger partial charge in [0.05, 0.1) is 0 Å². The topological polar surface area (TPSA) is 38.3 Å². The van der Waals surface area contributed by atoms with Crippen LogP contribution in [0.4, 0.5) is 0 Å². The van der Waals surface area contributed by atoms with Gasteiger partial charge in [0, 0.05) is 18.5 Å². The van der Waals surface area contributed by atoms with E-state index in [2.05, 4.69) is 5.32 Å². The summed E-state index contributed by atoms with van der Waals surface area (Å²) in [5, 5.41) is 3.09. The molecule has 4 aliphatic carbocycles. The molecular formula is C17H25NO2. The fraction of sp³-hybridized carbons (Fsp3) is 0.824. The third-order valence-corrected chi connectivity index (χ3v) is 6.21. The summed E-state index contributed by atoms with van der Waals surface area (Å²) in [6, 6.07) is 0. The van der Waals surface area contributed by atoms with Gasteiger partial charge in [-0.25, -0.2) is 0 Å². The lowest BCUT2D eigenvalue weighted by Crippen LogP contribution is -2.47. The van der Waals surface area contributed by atoms with Crippen LogP contribution in [0.2, 0.25) is 0 Å². The second-order valence-electron chi connectivity index (χ2n) is 7.73. The molecule has 1 heterocycles. The van der Waals surface area contributed by atoms with Crippen molar-refractivity contribution >= 4 is 5.78 Å². The minimum atomic E-state index is -0.668. The Morgan fingerprint density at radius 2 is 1.80 bits per heavy atom. The Bertz CT molecular complexity index is 442. The molecule has 0 saturated heterocycles. The van der Waals surface area contributed by atoms with Crippen molar-refractivity contribution in [2.75, 3.05) is 13.6 Å². The summed E-state index contributed by atoms with van der Waals surface area (Å²) in [5.41, 5.74) is -0.668. The molecule has 5 aliphatic rings. The van der Waals surface area contributed by atoms with E-state index in [1.54, 1.807) is 0 Å². The SMILES string of the molecule is CNCC1(C)OC(C2C3CC4CC(C3)CC2C4)=CC1=O. The molecule has 110 valence electrons. The number of nitrogens with one attached hydrogen (secondary N) is 1. The van der Waals surface area contributed by atoms with E-state index in [4.69, 9.17) is 4.74 Å². The van der Waals surface area contributed by atoms with Crippen molar-refractivity contribution in [3.05, 3.63) is 11.8 Å². The van der Waals surface area contributed by atoms with E-state index >= 15 is 0 Å². The van der Waals surface area contributed by atoms with Crippen molar-refractivity contribution in [1.82, 2.24) is 5.32 Å². The largest absolute Gasteiger partial charge is 0.482 e. The highest BCUT2D eigenvalue weighted by molar-refractivity contribution is 5.99. The molecule has 4 fully saturated rings. The molecule has 3 heteroatoms. The van der Waals surface area contributed by atoms with Gasteiger partial charge in [-0.3, -0.25) is 4.79 Å². The van der Waals surface area contributed by atoms with Crippen LogP contribution < -0.4 is 5.32 Å². The molecule has 20 heavy (non-hydrogen) atoms. The van der Waals surface area contributed by atoms with Crippen molar-refractivity contribution in [3.8, 4) is 0 Å². The molecule has 3 nitrogen and oxygen atoms in total. The summed E-state index contributed by atoms with van der Waals surface area (Å²) in [5.74, 6) is 5.19. The second-order valence-corrected chi connectivity index (χ2v) is 7.73. The smallest absolute Gasteiger partial charge is 0.203 e. The minimum absolute atomic E-state index is 0.149. The molecule has 5 rings (SSSR count). The number of carbonyl (C=O) groups is 1. The quantitative estimate of drug-likeness (QED) is 0.860. The molecule has 0 aromatic heterocycles. The van der Waals surface area contributed by atoms with Crippen LogP contribution >= 0.6 is 0 Å². The number of hydrogen-bond acceptors (Lipinski definition) is 3. The zero-order chi connectivity index (χ0) is 13.9. The van der Waals surface area contributed by atoms with Crippen LogP contribution in [-0.2, 0) is 9.53 Å². The Balaban J connectivity index is 1.57. The van der Waals surface area contributed by atoms with Crippen LogP contribution in [0.3, 0.4) is 0 Å². The Morgan fingerprint density at radius 3 is 2.35 bits per heavy atom. The van der Waals surface area contributed by atoms with Gasteiger partial charge in [0.2, 0.25) is 5.78 Å². The van der Waals surface area contributed by atoms with Gasteiger partial charge in [-0.2, -0.15) is 0 Å². The van der Waals surface area contributed by atoms with Crippen LogP contribution in [0.15, 0.2) is 11.8 Å². The zero-order valence-electron chi connectivity index (χ0n) is 12.5. The summed E-state index contributed by atoms with van der Waals surface area (Å²) >= 11 is 0. The van der Waals surface area contributed by atoms with E-state index in [-0.39, 0.29) is 5.78 Å². The standard InChI is InChI=1S/C17H25NO2/c1-17(9-18-2)15(19)8-14(20-17)16-12-4-10-3-11(6-12)7-13(16)5-10/h8,10-13,16,18H,3-7,9H2,1-2H3. The normalized spacial score (nSPS) is 49.4. The lowest BCUT2D eigenvalue weighted by Gasteiger charge is -2.54. The third kappa shape index (κ3) is 1.78. The summed E-state index contributed by atoms with van der Waals surface area (Å²) in [6.07, 6.45) is 8.77. The molecule has 0 spiro atoms. The van der Waals surface area contributed by atoms with Crippen molar-refractivity contribution < 1.29 is 9.53 Å². The maximum Gasteiger partial charge on any atom is 0.203 e. The van der Waals surface area contributed by atoms with Gasteiger partial charge in [0.15, 0.2) is 5.60 Å². The van der Waals surface area contributed by atoms with E-state index in [0.29, 0.717) is 12.5 Å². The predicted molar refractivity (Wildman–Crippen MR) is 77.0 cm³/mol. The lowest BCUT2D eigenvalue weighted by molar-refractivity contribution is -0.130. The first-order valence-electron chi connectivity index (χ1n) is 8.18. The van der Waals surface area contributed by atoms with Gasteiger partial charge in [0.1, 0.15) is 5.76 Å². The number of allylic oxidation sites excluding steroid dienone is 1. The Labute approximate surface area is 121 Å². The first-order chi connectivity index (χ1) is 9.59. The highest BCUT2D eigenvalue weighted by Crippen LogP contribution is 2.59. The molecule has 4 bridgehead atoms. The van der Waals surface area contributed by atoms with Crippen molar-refractivity contribution in [1.29, 1.82) is 0 Å². The molecule has 1 aliphatic heterocycles. The van der Waals surface area contributed by atoms with Gasteiger partial charge in [-0.1, -0.05) is 0 Å². The van der Waals surface area contributed by atoms with Crippen molar-refractivity contribution in [2.24, 2.45) is 29.6 Å². The number of carbonyl (C=O) groups excluding carboxylic acids is 1. The molecule has 4 saturated carbocycles. The fourth-order valence-corrected chi connectivity index (χ4v) is 5.64. The van der Waals surface area contributed by atoms with E-state index in [0.717, 1.165) is 29.4 Å². The number of ether oxygens (including phenoxy) is 1. The highest BCUT2D eigenvalue weighted by atomic mass is 16.5. The molecule has 1 atom stereocenters. The second kappa shape index (κ2) is 4.33. The molecule has 0 amide bonds. The Morgan fingerprint density at radius 1 is 1.20 bits per heavy atom. The van der Waals surface area contributed by atoms with E-state index in [1.165, 1.54) is 32.1 Å². The van der Waals surface area contributed by atoms with E-state index in [9.17, 15) is 4.79 Å². The number of rotatable bonds is 3. The summed E-state index contributed by atoms with van der Waals surface area (Å²) < 4.78 is 6.18. The highest BCUT2D eigenvalue weighted by Gasteiger charge is 2.52. The molecular weight excluding hydrogens is 250 g/mol. The lowest BCUT2D eigenvalue weighted by atomic mass is 9.51. The van der Waals surface area contributed by atoms with Crippen LogP contribution in [0.5, 0.6) is 0 Å². The summed E-state index contributed by atoms with van der Waals surface area (Å²) in [4.78, 5) is 12.3. The number of likely N-dealkylation sites (N-methyl/N-ethyl adjacent to an activating group) is 1. The average molecular weight is 275 g/mol. The zero-order valence-corrected chi connectivity index (χ0v) is 12.5. The number of ketones is 1. The monoisotopic (exact) mass is 275 g/mol. The maximum atomic E-state index is 12.3. The first-order valence-corrected chi connectivity index (χ1v) is 8.18. The van der Waals surface area contributed by atoms with E-state index in [1.807, 2.05) is 20.0 Å².